The summed E-state index contributed by atoms with van der Waals surface area (Å²) in [6.45, 7) is 2.56. The number of pyridine rings is 1. The van der Waals surface area contributed by atoms with Crippen LogP contribution in [0.1, 0.15) is 12.0 Å². The first-order valence-corrected chi connectivity index (χ1v) is 4.91. The van der Waals surface area contributed by atoms with Crippen LogP contribution in [0.15, 0.2) is 12.3 Å². The summed E-state index contributed by atoms with van der Waals surface area (Å²) in [5.41, 5.74) is 7.51. The van der Waals surface area contributed by atoms with E-state index < -0.39 is 0 Å². The summed E-state index contributed by atoms with van der Waals surface area (Å²) in [6, 6.07) is 1.95. The highest BCUT2D eigenvalue weighted by molar-refractivity contribution is 5.80. The van der Waals surface area contributed by atoms with Gasteiger partial charge in [-0.25, -0.2) is 4.98 Å². The van der Waals surface area contributed by atoms with Gasteiger partial charge in [0.2, 0.25) is 5.91 Å². The number of amides is 1. The fraction of sp³-hybridized carbons (Fsp3) is 0.400. The van der Waals surface area contributed by atoms with Crippen LogP contribution in [0.4, 0.5) is 11.5 Å². The Kier molecular flexibility index (Phi) is 2.45. The van der Waals surface area contributed by atoms with Gasteiger partial charge >= 0.3 is 0 Å². The van der Waals surface area contributed by atoms with Gasteiger partial charge in [-0.3, -0.25) is 4.79 Å². The maximum atomic E-state index is 11.0. The Morgan fingerprint density at radius 1 is 1.67 bits per heavy atom. The first-order valence-electron chi connectivity index (χ1n) is 4.91. The second kappa shape index (κ2) is 3.76. The van der Waals surface area contributed by atoms with E-state index in [-0.39, 0.29) is 11.9 Å². The first kappa shape index (κ1) is 9.76. The number of hydrogen-bond donors (Lipinski definition) is 3. The van der Waals surface area contributed by atoms with Gasteiger partial charge < -0.3 is 16.4 Å². The molecule has 5 heteroatoms. The second-order valence-electron chi connectivity index (χ2n) is 3.74. The van der Waals surface area contributed by atoms with Crippen molar-refractivity contribution in [1.29, 1.82) is 0 Å². The van der Waals surface area contributed by atoms with Crippen LogP contribution in [-0.4, -0.2) is 23.5 Å². The Morgan fingerprint density at radius 3 is 3.13 bits per heavy atom. The van der Waals surface area contributed by atoms with Gasteiger partial charge in [0, 0.05) is 19.2 Å². The highest BCUT2D eigenvalue weighted by Crippen LogP contribution is 2.20. The number of rotatable bonds is 2. The van der Waals surface area contributed by atoms with Crippen LogP contribution >= 0.6 is 0 Å². The minimum absolute atomic E-state index is 0.0683. The Morgan fingerprint density at radius 2 is 2.47 bits per heavy atom. The summed E-state index contributed by atoms with van der Waals surface area (Å²) in [7, 11) is 0. The van der Waals surface area contributed by atoms with Crippen LogP contribution in [0.5, 0.6) is 0 Å². The number of carbonyl (C=O) groups is 1. The molecule has 1 fully saturated rings. The van der Waals surface area contributed by atoms with Gasteiger partial charge in [-0.15, -0.1) is 0 Å². The van der Waals surface area contributed by atoms with Gasteiger partial charge in [0.15, 0.2) is 0 Å². The maximum absolute atomic E-state index is 11.0. The predicted molar refractivity (Wildman–Crippen MR) is 58.4 cm³/mol. The van der Waals surface area contributed by atoms with E-state index in [1.807, 2.05) is 13.0 Å². The molecule has 2 heterocycles. The smallest absolute Gasteiger partial charge is 0.222 e. The first-order chi connectivity index (χ1) is 7.16. The third-order valence-corrected chi connectivity index (χ3v) is 2.53. The number of nitrogens with two attached hydrogens (primary N) is 1. The van der Waals surface area contributed by atoms with Gasteiger partial charge in [-0.2, -0.15) is 0 Å². The SMILES string of the molecule is Cc1ccnc(NC2CNC(=O)C2)c1N. The predicted octanol–water partition coefficient (Wildman–Crippen LogP) is 0.273. The molecule has 1 aromatic rings. The fourth-order valence-electron chi connectivity index (χ4n) is 1.59. The Hall–Kier alpha value is -1.78. The van der Waals surface area contributed by atoms with E-state index in [4.69, 9.17) is 5.73 Å². The monoisotopic (exact) mass is 206 g/mol. The van der Waals surface area contributed by atoms with Crippen LogP contribution in [0.3, 0.4) is 0 Å². The normalized spacial score (nSPS) is 20.1. The van der Waals surface area contributed by atoms with Crippen LogP contribution in [-0.2, 0) is 4.79 Å². The molecule has 0 saturated carbocycles. The highest BCUT2D eigenvalue weighted by atomic mass is 16.1. The van der Waals surface area contributed by atoms with Gasteiger partial charge in [0.05, 0.1) is 11.7 Å². The lowest BCUT2D eigenvalue weighted by atomic mass is 10.2. The Labute approximate surface area is 88.1 Å². The lowest BCUT2D eigenvalue weighted by molar-refractivity contribution is -0.119. The summed E-state index contributed by atoms with van der Waals surface area (Å²) in [4.78, 5) is 15.1. The van der Waals surface area contributed by atoms with Crippen LogP contribution in [0, 0.1) is 6.92 Å². The number of carbonyl (C=O) groups excluding carboxylic acids is 1. The van der Waals surface area contributed by atoms with E-state index in [0.29, 0.717) is 24.5 Å². The molecule has 0 radical (unpaired) electrons. The van der Waals surface area contributed by atoms with E-state index in [1.165, 1.54) is 0 Å². The summed E-state index contributed by atoms with van der Waals surface area (Å²) < 4.78 is 0. The Balaban J connectivity index is 2.11. The standard InChI is InChI=1S/C10H14N4O/c1-6-2-3-12-10(9(6)11)14-7-4-8(15)13-5-7/h2-3,7H,4-5,11H2,1H3,(H,12,14)(H,13,15). The van der Waals surface area contributed by atoms with Crippen LogP contribution < -0.4 is 16.4 Å². The number of nitrogen functional groups attached to an aromatic ring is 1. The molecule has 1 amide bonds. The summed E-state index contributed by atoms with van der Waals surface area (Å²) in [6.07, 6.45) is 2.19. The van der Waals surface area contributed by atoms with E-state index in [1.54, 1.807) is 6.20 Å². The lowest BCUT2D eigenvalue weighted by Crippen LogP contribution is -2.23. The van der Waals surface area contributed by atoms with Crippen molar-refractivity contribution in [1.82, 2.24) is 10.3 Å². The summed E-state index contributed by atoms with van der Waals surface area (Å²) in [5.74, 6) is 0.732. The van der Waals surface area contributed by atoms with Crippen molar-refractivity contribution >= 4 is 17.4 Å². The average molecular weight is 206 g/mol. The average Bonchev–Trinajstić information content (AvgIpc) is 2.59. The van der Waals surface area contributed by atoms with Gasteiger partial charge in [0.1, 0.15) is 5.82 Å². The molecule has 1 aromatic heterocycles. The molecule has 80 valence electrons. The zero-order valence-corrected chi connectivity index (χ0v) is 8.58. The van der Waals surface area contributed by atoms with E-state index in [0.717, 1.165) is 5.56 Å². The number of nitrogens with one attached hydrogen (secondary N) is 2. The van der Waals surface area contributed by atoms with Crippen molar-refractivity contribution in [2.75, 3.05) is 17.6 Å². The van der Waals surface area contributed by atoms with Crippen LogP contribution in [0.2, 0.25) is 0 Å². The fourth-order valence-corrected chi connectivity index (χ4v) is 1.59. The molecule has 1 atom stereocenters. The molecular formula is C10H14N4O. The molecule has 5 nitrogen and oxygen atoms in total. The number of hydrogen-bond acceptors (Lipinski definition) is 4. The van der Waals surface area contributed by atoms with Crippen molar-refractivity contribution in [3.63, 3.8) is 0 Å². The second-order valence-corrected chi connectivity index (χ2v) is 3.74. The summed E-state index contributed by atoms with van der Waals surface area (Å²) >= 11 is 0. The molecule has 1 saturated heterocycles. The zero-order chi connectivity index (χ0) is 10.8. The molecule has 1 unspecified atom stereocenters. The number of aryl methyl sites for hydroxylation is 1. The Bertz CT molecular complexity index is 391. The number of anilines is 2. The molecular weight excluding hydrogens is 192 g/mol. The summed E-state index contributed by atoms with van der Waals surface area (Å²) in [5, 5.41) is 5.91. The third-order valence-electron chi connectivity index (χ3n) is 2.53. The molecule has 1 aliphatic heterocycles. The molecule has 4 N–H and O–H groups in total. The largest absolute Gasteiger partial charge is 0.396 e. The maximum Gasteiger partial charge on any atom is 0.222 e. The molecule has 2 rings (SSSR count). The van der Waals surface area contributed by atoms with E-state index in [2.05, 4.69) is 15.6 Å². The van der Waals surface area contributed by atoms with Crippen molar-refractivity contribution in [2.24, 2.45) is 0 Å². The van der Waals surface area contributed by atoms with Gasteiger partial charge in [-0.05, 0) is 18.6 Å². The topological polar surface area (TPSA) is 80.0 Å². The highest BCUT2D eigenvalue weighted by Gasteiger charge is 2.22. The number of aromatic nitrogens is 1. The van der Waals surface area contributed by atoms with Crippen LogP contribution in [0.25, 0.3) is 0 Å². The lowest BCUT2D eigenvalue weighted by Gasteiger charge is -2.13. The zero-order valence-electron chi connectivity index (χ0n) is 8.58. The minimum Gasteiger partial charge on any atom is -0.396 e. The molecule has 0 aromatic carbocycles. The quantitative estimate of drug-likeness (QED) is 0.649. The minimum atomic E-state index is 0.0683. The van der Waals surface area contributed by atoms with Crippen molar-refractivity contribution < 1.29 is 4.79 Å². The molecule has 0 spiro atoms. The van der Waals surface area contributed by atoms with Gasteiger partial charge in [0.25, 0.3) is 0 Å². The van der Waals surface area contributed by atoms with Crippen molar-refractivity contribution in [3.8, 4) is 0 Å². The van der Waals surface area contributed by atoms with E-state index in [9.17, 15) is 4.79 Å². The molecule has 0 bridgehead atoms. The third kappa shape index (κ3) is 2.01. The van der Waals surface area contributed by atoms with E-state index >= 15 is 0 Å². The molecule has 15 heavy (non-hydrogen) atoms. The van der Waals surface area contributed by atoms with Crippen molar-refractivity contribution in [2.45, 2.75) is 19.4 Å². The number of nitrogens with zero attached hydrogens (tertiary/aromatic N) is 1. The van der Waals surface area contributed by atoms with Crippen molar-refractivity contribution in [3.05, 3.63) is 17.8 Å². The van der Waals surface area contributed by atoms with Gasteiger partial charge in [-0.1, -0.05) is 0 Å². The molecule has 1 aliphatic rings. The molecule has 0 aliphatic carbocycles.